The Hall–Kier alpha value is -3.28. The molecule has 1 N–H and O–H groups in total. The molecule has 180 valence electrons. The zero-order valence-electron chi connectivity index (χ0n) is 19.8. The Morgan fingerprint density at radius 2 is 1.63 bits per heavy atom. The number of rotatable bonds is 2. The Morgan fingerprint density at radius 1 is 0.914 bits per heavy atom. The topological polar surface area (TPSA) is 91.8 Å². The first kappa shape index (κ1) is 22.2. The maximum Gasteiger partial charge on any atom is 0.233 e. The number of allylic oxidation sites excluding steroid dienone is 6. The molecule has 0 aromatic heterocycles. The molecule has 6 nitrogen and oxygen atoms in total. The number of carbonyl (C=O) groups is 4. The highest BCUT2D eigenvalue weighted by molar-refractivity contribution is 6.23. The Balaban J connectivity index is 1.45. The van der Waals surface area contributed by atoms with Crippen molar-refractivity contribution in [2.45, 2.75) is 63.8 Å². The Labute approximate surface area is 204 Å². The number of aromatic hydroxyl groups is 1. The van der Waals surface area contributed by atoms with Crippen molar-refractivity contribution in [1.29, 1.82) is 0 Å². The van der Waals surface area contributed by atoms with Crippen molar-refractivity contribution in [2.24, 2.45) is 17.8 Å². The van der Waals surface area contributed by atoms with Gasteiger partial charge in [0.2, 0.25) is 11.8 Å². The highest BCUT2D eigenvalue weighted by Gasteiger charge is 2.57. The normalized spacial score (nSPS) is 31.2. The van der Waals surface area contributed by atoms with Gasteiger partial charge >= 0.3 is 0 Å². The summed E-state index contributed by atoms with van der Waals surface area (Å²) in [6.45, 7) is 1.66. The van der Waals surface area contributed by atoms with Crippen molar-refractivity contribution in [3.05, 3.63) is 64.3 Å². The molecule has 1 aromatic rings. The fourth-order valence-electron chi connectivity index (χ4n) is 7.13. The summed E-state index contributed by atoms with van der Waals surface area (Å²) in [6, 6.07) is 6.70. The fourth-order valence-corrected chi connectivity index (χ4v) is 7.13. The number of carbonyl (C=O) groups excluding carboxylic acids is 4. The summed E-state index contributed by atoms with van der Waals surface area (Å²) in [5.74, 6) is -2.01. The SMILES string of the molecule is CC1=CC(=O)C2=C(C1=O)[C@@H](c1ccc(O)cc1)C1=CC[C@@H]3C(=O)N(C4CCCCC4)C(=O)[C@@H]3[C@@H]1C2. The van der Waals surface area contributed by atoms with E-state index in [2.05, 4.69) is 0 Å². The first-order valence-electron chi connectivity index (χ1n) is 12.7. The van der Waals surface area contributed by atoms with E-state index in [-0.39, 0.29) is 41.1 Å². The van der Waals surface area contributed by atoms with Crippen LogP contribution in [-0.2, 0) is 19.2 Å². The number of fused-ring (bicyclic) bond motifs is 3. The number of amides is 2. The van der Waals surface area contributed by atoms with Crippen LogP contribution in [0.2, 0.25) is 0 Å². The zero-order valence-corrected chi connectivity index (χ0v) is 19.8. The van der Waals surface area contributed by atoms with Crippen molar-refractivity contribution in [3.63, 3.8) is 0 Å². The van der Waals surface area contributed by atoms with Crippen molar-refractivity contribution < 1.29 is 24.3 Å². The predicted octanol–water partition coefficient (Wildman–Crippen LogP) is 4.15. The lowest BCUT2D eigenvalue weighted by molar-refractivity contribution is -0.143. The van der Waals surface area contributed by atoms with Crippen LogP contribution in [0, 0.1) is 17.8 Å². The third kappa shape index (κ3) is 3.29. The molecule has 0 bridgehead atoms. The van der Waals surface area contributed by atoms with Gasteiger partial charge in [0.05, 0.1) is 11.8 Å². The van der Waals surface area contributed by atoms with E-state index in [4.69, 9.17) is 0 Å². The number of hydrogen-bond acceptors (Lipinski definition) is 5. The highest BCUT2D eigenvalue weighted by atomic mass is 16.3. The molecule has 1 aromatic carbocycles. The average Bonchev–Trinajstić information content (AvgIpc) is 3.12. The quantitative estimate of drug-likeness (QED) is 0.397. The molecule has 1 saturated heterocycles. The molecule has 6 rings (SSSR count). The third-order valence-corrected chi connectivity index (χ3v) is 8.77. The van der Waals surface area contributed by atoms with Gasteiger partial charge in [-0.25, -0.2) is 0 Å². The molecular weight excluding hydrogens is 442 g/mol. The zero-order chi connectivity index (χ0) is 24.4. The maximum atomic E-state index is 13.8. The van der Waals surface area contributed by atoms with Crippen LogP contribution in [0.15, 0.2) is 58.7 Å². The number of hydrogen-bond donors (Lipinski definition) is 1. The van der Waals surface area contributed by atoms with E-state index in [0.717, 1.165) is 43.2 Å². The molecule has 2 fully saturated rings. The molecule has 1 saturated carbocycles. The first-order chi connectivity index (χ1) is 16.9. The molecule has 2 amide bonds. The van der Waals surface area contributed by atoms with Gasteiger partial charge in [-0.1, -0.05) is 43.0 Å². The average molecular weight is 472 g/mol. The number of phenolic OH excluding ortho intramolecular Hbond substituents is 1. The van der Waals surface area contributed by atoms with E-state index in [1.165, 1.54) is 6.08 Å². The molecule has 4 aliphatic carbocycles. The summed E-state index contributed by atoms with van der Waals surface area (Å²) in [7, 11) is 0. The van der Waals surface area contributed by atoms with E-state index in [1.807, 2.05) is 6.08 Å². The number of Topliss-reactive ketones (excluding diaryl/α,β-unsaturated/α-hetero) is 1. The van der Waals surface area contributed by atoms with Crippen LogP contribution in [-0.4, -0.2) is 39.4 Å². The van der Waals surface area contributed by atoms with E-state index < -0.39 is 17.8 Å². The molecule has 0 spiro atoms. The van der Waals surface area contributed by atoms with Gasteiger partial charge in [-0.3, -0.25) is 24.1 Å². The third-order valence-electron chi connectivity index (χ3n) is 8.77. The van der Waals surface area contributed by atoms with Crippen molar-refractivity contribution in [2.75, 3.05) is 0 Å². The van der Waals surface area contributed by atoms with Crippen molar-refractivity contribution in [1.82, 2.24) is 4.90 Å². The monoisotopic (exact) mass is 471 g/mol. The lowest BCUT2D eigenvalue weighted by Crippen LogP contribution is -2.43. The van der Waals surface area contributed by atoms with Crippen LogP contribution in [0.5, 0.6) is 5.75 Å². The molecule has 35 heavy (non-hydrogen) atoms. The molecule has 1 heterocycles. The molecule has 4 atom stereocenters. The smallest absolute Gasteiger partial charge is 0.233 e. The van der Waals surface area contributed by atoms with Crippen molar-refractivity contribution >= 4 is 23.4 Å². The second-order valence-electron chi connectivity index (χ2n) is 10.7. The number of nitrogens with zero attached hydrogens (tertiary/aromatic N) is 1. The Bertz CT molecular complexity index is 1240. The summed E-state index contributed by atoms with van der Waals surface area (Å²) in [5.41, 5.74) is 3.14. The minimum absolute atomic E-state index is 0.0208. The summed E-state index contributed by atoms with van der Waals surface area (Å²) >= 11 is 0. The number of benzene rings is 1. The lowest BCUT2D eigenvalue weighted by Gasteiger charge is -2.42. The summed E-state index contributed by atoms with van der Waals surface area (Å²) in [5, 5.41) is 9.85. The molecule has 0 unspecified atom stereocenters. The predicted molar refractivity (Wildman–Crippen MR) is 128 cm³/mol. The van der Waals surface area contributed by atoms with E-state index >= 15 is 0 Å². The van der Waals surface area contributed by atoms with E-state index in [0.29, 0.717) is 29.6 Å². The van der Waals surface area contributed by atoms with Gasteiger partial charge in [0.1, 0.15) is 5.75 Å². The molecule has 0 radical (unpaired) electrons. The van der Waals surface area contributed by atoms with Gasteiger partial charge in [-0.05, 0) is 62.3 Å². The van der Waals surface area contributed by atoms with Crippen LogP contribution in [0.1, 0.15) is 63.4 Å². The molecule has 5 aliphatic rings. The van der Waals surface area contributed by atoms with Gasteiger partial charge in [0.25, 0.3) is 0 Å². The number of imide groups is 1. The van der Waals surface area contributed by atoms with E-state index in [1.54, 1.807) is 36.1 Å². The van der Waals surface area contributed by atoms with Gasteiger partial charge in [0.15, 0.2) is 11.6 Å². The van der Waals surface area contributed by atoms with E-state index in [9.17, 15) is 24.3 Å². The van der Waals surface area contributed by atoms with Gasteiger partial charge in [-0.2, -0.15) is 0 Å². The lowest BCUT2D eigenvalue weighted by atomic mass is 9.59. The summed E-state index contributed by atoms with van der Waals surface area (Å²) in [4.78, 5) is 55.3. The fraction of sp³-hybridized carbons (Fsp3) is 0.448. The second-order valence-corrected chi connectivity index (χ2v) is 10.7. The van der Waals surface area contributed by atoms with Crippen LogP contribution < -0.4 is 0 Å². The largest absolute Gasteiger partial charge is 0.508 e. The maximum absolute atomic E-state index is 13.8. The minimum Gasteiger partial charge on any atom is -0.508 e. The Kier molecular flexibility index (Phi) is 5.17. The van der Waals surface area contributed by atoms with Crippen LogP contribution >= 0.6 is 0 Å². The Morgan fingerprint density at radius 3 is 2.34 bits per heavy atom. The van der Waals surface area contributed by atoms with Gasteiger partial charge < -0.3 is 5.11 Å². The van der Waals surface area contributed by atoms with Crippen LogP contribution in [0.25, 0.3) is 0 Å². The van der Waals surface area contributed by atoms with Gasteiger partial charge in [-0.15, -0.1) is 0 Å². The number of likely N-dealkylation sites (tertiary alicyclic amines) is 1. The minimum atomic E-state index is -0.493. The molecule has 1 aliphatic heterocycles. The van der Waals surface area contributed by atoms with Gasteiger partial charge in [0, 0.05) is 28.7 Å². The summed E-state index contributed by atoms with van der Waals surface area (Å²) in [6.07, 6.45) is 9.17. The number of ketones is 2. The molecular formula is C29H29NO5. The molecule has 6 heteroatoms. The van der Waals surface area contributed by atoms with Crippen LogP contribution in [0.4, 0.5) is 0 Å². The number of phenols is 1. The summed E-state index contributed by atoms with van der Waals surface area (Å²) < 4.78 is 0. The van der Waals surface area contributed by atoms with Crippen LogP contribution in [0.3, 0.4) is 0 Å². The second kappa shape index (κ2) is 8.14. The first-order valence-corrected chi connectivity index (χ1v) is 12.7. The highest BCUT2D eigenvalue weighted by Crippen LogP contribution is 2.55. The standard InChI is InChI=1S/C29H29NO5/c1-15-13-23(32)22-14-21-19(24(26(22)27(15)33)16-7-9-18(31)10-8-16)11-12-20-25(21)29(35)30(28(20)34)17-5-3-2-4-6-17/h7-11,13,17,20-21,24-25,31H,2-6,12,14H2,1H3/t20-,21+,24-,25-/m0/s1. The van der Waals surface area contributed by atoms with Crippen molar-refractivity contribution in [3.8, 4) is 5.75 Å².